The largest absolute Gasteiger partial charge is 0.244 e. The van der Waals surface area contributed by atoms with Crippen LogP contribution in [0.4, 0.5) is 5.82 Å². The molecule has 1 saturated carbocycles. The third kappa shape index (κ3) is 3.90. The van der Waals surface area contributed by atoms with Crippen molar-refractivity contribution in [3.63, 3.8) is 0 Å². The minimum Gasteiger partial charge on any atom is -0.244 e. The molecule has 7 heteroatoms. The quantitative estimate of drug-likeness (QED) is 0.767. The van der Waals surface area contributed by atoms with Crippen molar-refractivity contribution in [1.82, 2.24) is 4.98 Å². The molecule has 1 aliphatic carbocycles. The highest BCUT2D eigenvalue weighted by Gasteiger charge is 2.36. The Hall–Kier alpha value is -2.72. The van der Waals surface area contributed by atoms with E-state index in [1.165, 1.54) is 31.9 Å². The lowest BCUT2D eigenvalue weighted by Gasteiger charge is -2.27. The van der Waals surface area contributed by atoms with E-state index in [0.717, 1.165) is 23.5 Å². The Balaban J connectivity index is 1.74. The fourth-order valence-electron chi connectivity index (χ4n) is 4.33. The molecule has 1 aromatic carbocycles. The second-order valence-corrected chi connectivity index (χ2v) is 9.94. The number of benzene rings is 1. The number of aryl methyl sites for hydroxylation is 1. The van der Waals surface area contributed by atoms with Crippen LogP contribution in [0.5, 0.6) is 0 Å². The van der Waals surface area contributed by atoms with Crippen LogP contribution in [0.2, 0.25) is 0 Å². The van der Waals surface area contributed by atoms with Crippen LogP contribution >= 0.6 is 0 Å². The molecule has 0 unspecified atom stereocenters. The number of pyridine rings is 1. The van der Waals surface area contributed by atoms with Gasteiger partial charge in [0, 0.05) is 12.7 Å². The maximum Gasteiger partial charge on any atom is 0.175 e. The number of hydrazone groups is 1. The molecule has 150 valence electrons. The van der Waals surface area contributed by atoms with E-state index in [2.05, 4.69) is 11.1 Å². The molecular weight excluding hydrogens is 384 g/mol. The van der Waals surface area contributed by atoms with Crippen molar-refractivity contribution in [3.05, 3.63) is 53.2 Å². The van der Waals surface area contributed by atoms with Gasteiger partial charge in [-0.1, -0.05) is 25.0 Å². The van der Waals surface area contributed by atoms with Crippen molar-refractivity contribution in [2.45, 2.75) is 50.0 Å². The van der Waals surface area contributed by atoms with Crippen LogP contribution in [0.15, 0.2) is 46.4 Å². The summed E-state index contributed by atoms with van der Waals surface area (Å²) in [7, 11) is -3.27. The predicted molar refractivity (Wildman–Crippen MR) is 113 cm³/mol. The normalized spacial score (nSPS) is 20.0. The van der Waals surface area contributed by atoms with Gasteiger partial charge in [0.1, 0.15) is 11.9 Å². The number of nitrogens with zero attached hydrogens (tertiary/aromatic N) is 4. The topological polar surface area (TPSA) is 86.4 Å². The first-order chi connectivity index (χ1) is 13.9. The first-order valence-corrected chi connectivity index (χ1v) is 11.8. The van der Waals surface area contributed by atoms with Crippen LogP contribution in [0.3, 0.4) is 0 Å². The molecule has 1 atom stereocenters. The van der Waals surface area contributed by atoms with Gasteiger partial charge in [-0.05, 0) is 55.5 Å². The van der Waals surface area contributed by atoms with Crippen molar-refractivity contribution in [3.8, 4) is 6.07 Å². The lowest BCUT2D eigenvalue weighted by molar-refractivity contribution is 0.428. The zero-order valence-corrected chi connectivity index (χ0v) is 17.5. The van der Waals surface area contributed by atoms with Crippen molar-refractivity contribution < 1.29 is 8.42 Å². The second kappa shape index (κ2) is 7.60. The Bertz CT molecular complexity index is 1110. The van der Waals surface area contributed by atoms with Crippen LogP contribution in [-0.4, -0.2) is 31.4 Å². The maximum absolute atomic E-state index is 12.0. The van der Waals surface area contributed by atoms with Gasteiger partial charge in [0.25, 0.3) is 0 Å². The van der Waals surface area contributed by atoms with Gasteiger partial charge in [0.05, 0.1) is 27.9 Å². The Morgan fingerprint density at radius 1 is 1.17 bits per heavy atom. The summed E-state index contributed by atoms with van der Waals surface area (Å²) in [6.07, 6.45) is 6.78. The van der Waals surface area contributed by atoms with E-state index in [1.807, 2.05) is 24.1 Å². The van der Waals surface area contributed by atoms with Gasteiger partial charge >= 0.3 is 0 Å². The van der Waals surface area contributed by atoms with Gasteiger partial charge in [0.15, 0.2) is 9.84 Å². The van der Waals surface area contributed by atoms with Crippen molar-refractivity contribution in [1.29, 1.82) is 5.26 Å². The van der Waals surface area contributed by atoms with Crippen LogP contribution in [0, 0.1) is 24.2 Å². The van der Waals surface area contributed by atoms with Gasteiger partial charge in [-0.25, -0.2) is 18.4 Å². The van der Waals surface area contributed by atoms with Crippen LogP contribution < -0.4 is 5.01 Å². The van der Waals surface area contributed by atoms with Crippen molar-refractivity contribution in [2.75, 3.05) is 11.3 Å². The lowest BCUT2D eigenvalue weighted by atomic mass is 9.92. The number of hydrogen-bond donors (Lipinski definition) is 0. The lowest BCUT2D eigenvalue weighted by Crippen LogP contribution is -2.33. The first kappa shape index (κ1) is 19.6. The molecule has 2 heterocycles. The third-order valence-electron chi connectivity index (χ3n) is 5.91. The molecule has 1 fully saturated rings. The summed E-state index contributed by atoms with van der Waals surface area (Å²) >= 11 is 0. The molecule has 1 aromatic heterocycles. The minimum absolute atomic E-state index is 0.203. The highest BCUT2D eigenvalue weighted by Crippen LogP contribution is 2.38. The summed E-state index contributed by atoms with van der Waals surface area (Å²) in [5.74, 6) is 1.28. The molecule has 0 radical (unpaired) electrons. The Morgan fingerprint density at radius 3 is 2.59 bits per heavy atom. The fraction of sp³-hybridized carbons (Fsp3) is 0.409. The van der Waals surface area contributed by atoms with Crippen LogP contribution in [0.25, 0.3) is 0 Å². The zero-order chi connectivity index (χ0) is 20.6. The molecule has 6 nitrogen and oxygen atoms in total. The molecule has 0 amide bonds. The van der Waals surface area contributed by atoms with E-state index < -0.39 is 9.84 Å². The third-order valence-corrected chi connectivity index (χ3v) is 7.02. The zero-order valence-electron chi connectivity index (χ0n) is 16.7. The van der Waals surface area contributed by atoms with Gasteiger partial charge < -0.3 is 0 Å². The smallest absolute Gasteiger partial charge is 0.175 e. The molecule has 0 N–H and O–H groups in total. The Kier molecular flexibility index (Phi) is 5.13. The standard InChI is InChI=1S/C22H24N4O2S/c1-15-18(14-23)10-11-22(24-15)26-21(16-6-3-4-7-16)13-20(25-26)17-8-5-9-19(12-17)29(2,27)28/h5,8-12,16,21H,3-4,6-7,13H2,1-2H3/t21-/m1/s1. The number of anilines is 1. The van der Waals surface area contributed by atoms with E-state index in [-0.39, 0.29) is 6.04 Å². The van der Waals surface area contributed by atoms with Crippen molar-refractivity contribution >= 4 is 21.4 Å². The van der Waals surface area contributed by atoms with E-state index >= 15 is 0 Å². The number of hydrogen-bond acceptors (Lipinski definition) is 6. The number of aromatic nitrogens is 1. The molecule has 1 aliphatic heterocycles. The molecule has 2 aliphatic rings. The van der Waals surface area contributed by atoms with E-state index in [4.69, 9.17) is 5.10 Å². The fourth-order valence-corrected chi connectivity index (χ4v) is 5.00. The van der Waals surface area contributed by atoms with E-state index in [0.29, 0.717) is 22.1 Å². The van der Waals surface area contributed by atoms with Crippen LogP contribution in [-0.2, 0) is 9.84 Å². The summed E-state index contributed by atoms with van der Waals surface area (Å²) in [6.45, 7) is 1.84. The average molecular weight is 409 g/mol. The highest BCUT2D eigenvalue weighted by atomic mass is 32.2. The second-order valence-electron chi connectivity index (χ2n) is 7.92. The number of sulfone groups is 1. The van der Waals surface area contributed by atoms with Gasteiger partial charge in [0.2, 0.25) is 0 Å². The van der Waals surface area contributed by atoms with Gasteiger partial charge in [-0.2, -0.15) is 10.4 Å². The molecule has 0 spiro atoms. The summed E-state index contributed by atoms with van der Waals surface area (Å²) in [5.41, 5.74) is 2.98. The van der Waals surface area contributed by atoms with E-state index in [1.54, 1.807) is 24.3 Å². The summed E-state index contributed by atoms with van der Waals surface area (Å²) in [4.78, 5) is 4.94. The molecule has 2 aromatic rings. The first-order valence-electron chi connectivity index (χ1n) is 9.92. The Labute approximate surface area is 171 Å². The summed E-state index contributed by atoms with van der Waals surface area (Å²) in [5, 5.41) is 16.1. The van der Waals surface area contributed by atoms with Crippen molar-refractivity contribution in [2.24, 2.45) is 11.0 Å². The molecule has 0 bridgehead atoms. The summed E-state index contributed by atoms with van der Waals surface area (Å²) < 4.78 is 23.9. The van der Waals surface area contributed by atoms with Crippen LogP contribution in [0.1, 0.15) is 48.9 Å². The van der Waals surface area contributed by atoms with Gasteiger partial charge in [-0.3, -0.25) is 0 Å². The molecule has 29 heavy (non-hydrogen) atoms. The van der Waals surface area contributed by atoms with E-state index in [9.17, 15) is 13.7 Å². The summed E-state index contributed by atoms with van der Waals surface area (Å²) in [6, 6.07) is 13.0. The SMILES string of the molecule is Cc1nc(N2N=C(c3cccc(S(C)(=O)=O)c3)C[C@@H]2C2CCCC2)ccc1C#N. The Morgan fingerprint density at radius 2 is 1.93 bits per heavy atom. The predicted octanol–water partition coefficient (Wildman–Crippen LogP) is 3.84. The number of nitriles is 1. The average Bonchev–Trinajstić information content (AvgIpc) is 3.37. The minimum atomic E-state index is -3.27. The highest BCUT2D eigenvalue weighted by molar-refractivity contribution is 7.90. The van der Waals surface area contributed by atoms with Gasteiger partial charge in [-0.15, -0.1) is 0 Å². The molecule has 4 rings (SSSR count). The molecule has 0 saturated heterocycles. The monoisotopic (exact) mass is 408 g/mol. The maximum atomic E-state index is 12.0. The molecular formula is C22H24N4O2S. The number of rotatable bonds is 4.